The standard InChI is InChI=1S/C12H18N2Si/c1-14(10-13)12(15(2,3)4)11-8-6-5-7-9-11/h5-9,12H,1-4H3. The number of nitrogens with zero attached hydrogens (tertiary/aromatic N) is 2. The molecule has 0 radical (unpaired) electrons. The van der Waals surface area contributed by atoms with Crippen LogP contribution in [0.25, 0.3) is 0 Å². The van der Waals surface area contributed by atoms with E-state index in [1.807, 2.05) is 25.2 Å². The fourth-order valence-electron chi connectivity index (χ4n) is 2.00. The minimum Gasteiger partial charge on any atom is -0.309 e. The predicted octanol–water partition coefficient (Wildman–Crippen LogP) is 3.02. The van der Waals surface area contributed by atoms with E-state index in [2.05, 4.69) is 38.0 Å². The molecule has 0 N–H and O–H groups in total. The summed E-state index contributed by atoms with van der Waals surface area (Å²) >= 11 is 0. The van der Waals surface area contributed by atoms with Crippen molar-refractivity contribution >= 4 is 8.07 Å². The van der Waals surface area contributed by atoms with E-state index in [9.17, 15) is 0 Å². The molecule has 15 heavy (non-hydrogen) atoms. The van der Waals surface area contributed by atoms with Crippen molar-refractivity contribution in [2.45, 2.75) is 25.3 Å². The Bertz CT molecular complexity index is 348. The molecule has 0 aromatic heterocycles. The monoisotopic (exact) mass is 218 g/mol. The van der Waals surface area contributed by atoms with Crippen LogP contribution in [0.1, 0.15) is 11.2 Å². The molecule has 0 fully saturated rings. The smallest absolute Gasteiger partial charge is 0.179 e. The minimum absolute atomic E-state index is 0.267. The van der Waals surface area contributed by atoms with Crippen LogP contribution in [0.4, 0.5) is 0 Å². The Morgan fingerprint density at radius 1 is 1.20 bits per heavy atom. The molecule has 0 heterocycles. The first kappa shape index (κ1) is 11.8. The van der Waals surface area contributed by atoms with Crippen molar-refractivity contribution in [3.8, 4) is 6.19 Å². The maximum Gasteiger partial charge on any atom is 0.179 e. The van der Waals surface area contributed by atoms with Crippen LogP contribution in [0.2, 0.25) is 19.6 Å². The van der Waals surface area contributed by atoms with E-state index in [1.54, 1.807) is 4.90 Å². The van der Waals surface area contributed by atoms with Crippen molar-refractivity contribution in [1.29, 1.82) is 5.26 Å². The number of rotatable bonds is 3. The van der Waals surface area contributed by atoms with Gasteiger partial charge in [0.2, 0.25) is 0 Å². The molecule has 1 unspecified atom stereocenters. The van der Waals surface area contributed by atoms with Crippen molar-refractivity contribution in [1.82, 2.24) is 4.90 Å². The zero-order valence-corrected chi connectivity index (χ0v) is 10.9. The summed E-state index contributed by atoms with van der Waals surface area (Å²) in [6.45, 7) is 6.87. The third kappa shape index (κ3) is 2.84. The van der Waals surface area contributed by atoms with Crippen molar-refractivity contribution in [3.63, 3.8) is 0 Å². The van der Waals surface area contributed by atoms with Gasteiger partial charge in [-0.25, -0.2) is 0 Å². The van der Waals surface area contributed by atoms with Crippen LogP contribution in [0.15, 0.2) is 30.3 Å². The van der Waals surface area contributed by atoms with E-state index >= 15 is 0 Å². The summed E-state index contributed by atoms with van der Waals surface area (Å²) in [5, 5.41) is 9.03. The largest absolute Gasteiger partial charge is 0.309 e. The molecule has 0 aliphatic heterocycles. The van der Waals surface area contributed by atoms with Crippen LogP contribution in [0.3, 0.4) is 0 Å². The van der Waals surface area contributed by atoms with Crippen LogP contribution < -0.4 is 0 Å². The van der Waals surface area contributed by atoms with Gasteiger partial charge in [-0.1, -0.05) is 50.0 Å². The van der Waals surface area contributed by atoms with E-state index in [-0.39, 0.29) is 5.67 Å². The predicted molar refractivity (Wildman–Crippen MR) is 65.9 cm³/mol. The summed E-state index contributed by atoms with van der Waals surface area (Å²) < 4.78 is 0. The van der Waals surface area contributed by atoms with E-state index < -0.39 is 8.07 Å². The van der Waals surface area contributed by atoms with E-state index in [0.29, 0.717) is 0 Å². The molecule has 1 aromatic rings. The summed E-state index contributed by atoms with van der Waals surface area (Å²) in [6.07, 6.45) is 2.24. The molecule has 0 spiro atoms. The zero-order chi connectivity index (χ0) is 11.5. The van der Waals surface area contributed by atoms with Gasteiger partial charge >= 0.3 is 0 Å². The lowest BCUT2D eigenvalue weighted by Crippen LogP contribution is -2.40. The Morgan fingerprint density at radius 3 is 2.13 bits per heavy atom. The topological polar surface area (TPSA) is 27.0 Å². The molecule has 0 saturated heterocycles. The van der Waals surface area contributed by atoms with Crippen molar-refractivity contribution in [2.75, 3.05) is 7.05 Å². The number of benzene rings is 1. The average molecular weight is 218 g/mol. The third-order valence-corrected chi connectivity index (χ3v) is 4.84. The summed E-state index contributed by atoms with van der Waals surface area (Å²) in [5.41, 5.74) is 1.52. The summed E-state index contributed by atoms with van der Waals surface area (Å²) in [5.74, 6) is 0. The molecule has 1 aromatic carbocycles. The summed E-state index contributed by atoms with van der Waals surface area (Å²) in [4.78, 5) is 1.78. The van der Waals surface area contributed by atoms with Crippen LogP contribution in [0.5, 0.6) is 0 Å². The maximum absolute atomic E-state index is 9.03. The Kier molecular flexibility index (Phi) is 3.54. The lowest BCUT2D eigenvalue weighted by atomic mass is 10.2. The van der Waals surface area contributed by atoms with Gasteiger partial charge in [-0.15, -0.1) is 0 Å². The van der Waals surface area contributed by atoms with Crippen molar-refractivity contribution < 1.29 is 0 Å². The van der Waals surface area contributed by atoms with Gasteiger partial charge in [0, 0.05) is 7.05 Å². The van der Waals surface area contributed by atoms with Gasteiger partial charge < -0.3 is 4.90 Å². The fraction of sp³-hybridized carbons (Fsp3) is 0.417. The molecule has 1 atom stereocenters. The Labute approximate surface area is 93.2 Å². The normalized spacial score (nSPS) is 13.0. The lowest BCUT2D eigenvalue weighted by Gasteiger charge is -2.33. The highest BCUT2D eigenvalue weighted by atomic mass is 28.3. The van der Waals surface area contributed by atoms with Gasteiger partial charge in [0.25, 0.3) is 0 Å². The van der Waals surface area contributed by atoms with Crippen LogP contribution in [-0.4, -0.2) is 20.0 Å². The first-order chi connectivity index (χ1) is 6.96. The third-order valence-electron chi connectivity index (χ3n) is 2.48. The van der Waals surface area contributed by atoms with Crippen LogP contribution in [-0.2, 0) is 0 Å². The highest BCUT2D eigenvalue weighted by molar-refractivity contribution is 6.77. The molecular weight excluding hydrogens is 200 g/mol. The van der Waals surface area contributed by atoms with E-state index in [1.165, 1.54) is 5.56 Å². The van der Waals surface area contributed by atoms with E-state index in [0.717, 1.165) is 0 Å². The minimum atomic E-state index is -1.41. The zero-order valence-electron chi connectivity index (χ0n) is 9.86. The first-order valence-electron chi connectivity index (χ1n) is 5.14. The van der Waals surface area contributed by atoms with Crippen LogP contribution in [0, 0.1) is 11.5 Å². The van der Waals surface area contributed by atoms with Crippen LogP contribution >= 0.6 is 0 Å². The second kappa shape index (κ2) is 4.50. The van der Waals surface area contributed by atoms with Gasteiger partial charge in [-0.3, -0.25) is 0 Å². The molecule has 3 heteroatoms. The molecule has 2 nitrogen and oxygen atoms in total. The van der Waals surface area contributed by atoms with Gasteiger partial charge in [-0.2, -0.15) is 5.26 Å². The Morgan fingerprint density at radius 2 is 1.73 bits per heavy atom. The molecule has 1 rings (SSSR count). The highest BCUT2D eigenvalue weighted by Crippen LogP contribution is 2.28. The first-order valence-corrected chi connectivity index (χ1v) is 8.72. The van der Waals surface area contributed by atoms with Crippen molar-refractivity contribution in [3.05, 3.63) is 35.9 Å². The molecule has 80 valence electrons. The molecule has 0 aliphatic carbocycles. The summed E-state index contributed by atoms with van der Waals surface area (Å²) in [6, 6.07) is 10.3. The van der Waals surface area contributed by atoms with Gasteiger partial charge in [0.15, 0.2) is 6.19 Å². The highest BCUT2D eigenvalue weighted by Gasteiger charge is 2.31. The molecule has 0 aliphatic rings. The Hall–Kier alpha value is -1.27. The fourth-order valence-corrected chi connectivity index (χ4v) is 4.41. The quantitative estimate of drug-likeness (QED) is 0.443. The van der Waals surface area contributed by atoms with Gasteiger partial charge in [-0.05, 0) is 5.56 Å². The second-order valence-corrected chi connectivity index (χ2v) is 10.2. The van der Waals surface area contributed by atoms with Crippen molar-refractivity contribution in [2.24, 2.45) is 0 Å². The maximum atomic E-state index is 9.03. The van der Waals surface area contributed by atoms with Gasteiger partial charge in [0.05, 0.1) is 13.7 Å². The molecule has 0 bridgehead atoms. The number of hydrogen-bond acceptors (Lipinski definition) is 2. The Balaban J connectivity index is 3.09. The summed E-state index contributed by atoms with van der Waals surface area (Å²) in [7, 11) is 0.463. The molecule has 0 saturated carbocycles. The average Bonchev–Trinajstić information content (AvgIpc) is 2.17. The molecular formula is C12H18N2Si. The van der Waals surface area contributed by atoms with Gasteiger partial charge in [0.1, 0.15) is 0 Å². The number of nitriles is 1. The van der Waals surface area contributed by atoms with E-state index in [4.69, 9.17) is 5.26 Å². The SMILES string of the molecule is CN(C#N)C(c1ccccc1)[Si](C)(C)C. The second-order valence-electron chi connectivity index (χ2n) is 4.89. The number of hydrogen-bond donors (Lipinski definition) is 0. The lowest BCUT2D eigenvalue weighted by molar-refractivity contribution is 0.434. The molecule has 0 amide bonds.